The quantitative estimate of drug-likeness (QED) is 0.717. The maximum absolute atomic E-state index is 13.3. The van der Waals surface area contributed by atoms with Crippen molar-refractivity contribution < 1.29 is 14.4 Å². The normalized spacial score (nSPS) is 14.4. The lowest BCUT2D eigenvalue weighted by atomic mass is 9.93. The lowest BCUT2D eigenvalue weighted by molar-refractivity contribution is -0.140. The summed E-state index contributed by atoms with van der Waals surface area (Å²) < 4.78 is 0. The van der Waals surface area contributed by atoms with Gasteiger partial charge in [-0.05, 0) is 37.5 Å². The van der Waals surface area contributed by atoms with Crippen molar-refractivity contribution in [2.24, 2.45) is 0 Å². The van der Waals surface area contributed by atoms with Crippen molar-refractivity contribution in [3.8, 4) is 0 Å². The number of nitrogens with zero attached hydrogens (tertiary/aromatic N) is 1. The molecule has 0 bridgehead atoms. The monoisotopic (exact) mass is 412 g/mol. The molecule has 1 N–H and O–H groups in total. The number of fused-ring (bicyclic) bond motifs is 1. The molecule has 3 rings (SSSR count). The van der Waals surface area contributed by atoms with Crippen LogP contribution < -0.4 is 5.32 Å². The number of halogens is 1. The highest BCUT2D eigenvalue weighted by Gasteiger charge is 2.30. The topological polar surface area (TPSA) is 58.6 Å². The van der Waals surface area contributed by atoms with Crippen molar-refractivity contribution in [1.82, 2.24) is 10.4 Å². The summed E-state index contributed by atoms with van der Waals surface area (Å²) in [5.74, 6) is -0.469. The number of nitrogens with one attached hydrogen (secondary N) is 1. The molecular weight excluding hydrogens is 388 g/mol. The summed E-state index contributed by atoms with van der Waals surface area (Å²) in [6.07, 6.45) is 0.848. The van der Waals surface area contributed by atoms with Gasteiger partial charge in [0.2, 0.25) is 0 Å². The zero-order chi connectivity index (χ0) is 21.0. The fourth-order valence-corrected chi connectivity index (χ4v) is 3.67. The van der Waals surface area contributed by atoms with E-state index in [0.717, 1.165) is 23.1 Å². The van der Waals surface area contributed by atoms with Gasteiger partial charge in [-0.2, -0.15) is 0 Å². The average molecular weight is 413 g/mol. The van der Waals surface area contributed by atoms with E-state index in [-0.39, 0.29) is 11.7 Å². The summed E-state index contributed by atoms with van der Waals surface area (Å²) in [5, 5.41) is 5.18. The second-order valence-corrected chi connectivity index (χ2v) is 7.43. The minimum absolute atomic E-state index is 0.135. The van der Waals surface area contributed by atoms with E-state index in [1.54, 1.807) is 11.1 Å². The Morgan fingerprint density at radius 3 is 2.55 bits per heavy atom. The molecule has 1 atom stereocenters. The first-order valence-corrected chi connectivity index (χ1v) is 10.1. The molecule has 0 fully saturated rings. The molecule has 0 saturated carbocycles. The number of allylic oxidation sites excluding steroid dienone is 1. The Bertz CT molecular complexity index is 940. The Morgan fingerprint density at radius 2 is 1.90 bits per heavy atom. The van der Waals surface area contributed by atoms with Crippen LogP contribution in [0.25, 0.3) is 5.57 Å². The highest BCUT2D eigenvalue weighted by molar-refractivity contribution is 6.32. The average Bonchev–Trinajstić information content (AvgIpc) is 2.71. The van der Waals surface area contributed by atoms with Gasteiger partial charge in [-0.25, -0.2) is 0 Å². The zero-order valence-electron chi connectivity index (χ0n) is 16.9. The summed E-state index contributed by atoms with van der Waals surface area (Å²) in [7, 11) is 0. The predicted octanol–water partition coefficient (Wildman–Crippen LogP) is 4.67. The van der Waals surface area contributed by atoms with Crippen molar-refractivity contribution in [2.45, 2.75) is 39.8 Å². The SMILES string of the molecule is CCCON1Cc2c(Cl)cccc2C(C(=O)N[C@H](C(C)=O)c2ccccc2)=C1C. The number of hydrogen-bond acceptors (Lipinski definition) is 4. The molecule has 1 amide bonds. The van der Waals surface area contributed by atoms with Crippen molar-refractivity contribution in [3.05, 3.63) is 75.9 Å². The highest BCUT2D eigenvalue weighted by atomic mass is 35.5. The Kier molecular flexibility index (Phi) is 6.72. The van der Waals surface area contributed by atoms with Gasteiger partial charge in [0, 0.05) is 10.6 Å². The third kappa shape index (κ3) is 4.52. The Labute approximate surface area is 176 Å². The Morgan fingerprint density at radius 1 is 1.17 bits per heavy atom. The van der Waals surface area contributed by atoms with Gasteiger partial charge in [0.15, 0.2) is 5.78 Å². The standard InChI is InChI=1S/C23H25ClN2O3/c1-4-13-29-26-14-19-18(11-8-12-20(19)24)21(15(26)2)23(28)25-22(16(3)27)17-9-6-5-7-10-17/h5-12,22H,4,13-14H2,1-3H3,(H,25,28)/t22-/m1/s1. The first-order chi connectivity index (χ1) is 13.9. The first kappa shape index (κ1) is 21.1. The third-order valence-corrected chi connectivity index (χ3v) is 5.27. The molecular formula is C23H25ClN2O3. The summed E-state index contributed by atoms with van der Waals surface area (Å²) >= 11 is 6.42. The molecule has 0 aliphatic carbocycles. The number of carbonyl (C=O) groups excluding carboxylic acids is 2. The van der Waals surface area contributed by atoms with Crippen LogP contribution in [0.2, 0.25) is 5.02 Å². The molecule has 0 radical (unpaired) electrons. The number of amides is 1. The number of Topliss-reactive ketones (excluding diaryl/α,β-unsaturated/α-hetero) is 1. The van der Waals surface area contributed by atoms with Crippen molar-refractivity contribution in [1.29, 1.82) is 0 Å². The first-order valence-electron chi connectivity index (χ1n) is 9.69. The van der Waals surface area contributed by atoms with Gasteiger partial charge in [0.1, 0.15) is 6.04 Å². The Balaban J connectivity index is 2.00. The molecule has 5 nitrogen and oxygen atoms in total. The van der Waals surface area contributed by atoms with Gasteiger partial charge < -0.3 is 5.32 Å². The number of rotatable bonds is 7. The van der Waals surface area contributed by atoms with Crippen LogP contribution in [0.3, 0.4) is 0 Å². The molecule has 29 heavy (non-hydrogen) atoms. The molecule has 0 aromatic heterocycles. The number of hydrogen-bond donors (Lipinski definition) is 1. The second kappa shape index (κ2) is 9.25. The fraction of sp³-hybridized carbons (Fsp3) is 0.304. The van der Waals surface area contributed by atoms with Crippen LogP contribution in [0, 0.1) is 0 Å². The summed E-state index contributed by atoms with van der Waals surface area (Å²) in [5.41, 5.74) is 3.50. The number of carbonyl (C=O) groups is 2. The smallest absolute Gasteiger partial charge is 0.254 e. The maximum atomic E-state index is 13.3. The maximum Gasteiger partial charge on any atom is 0.254 e. The van der Waals surface area contributed by atoms with E-state index in [2.05, 4.69) is 5.32 Å². The molecule has 2 aromatic rings. The van der Waals surface area contributed by atoms with Gasteiger partial charge >= 0.3 is 0 Å². The van der Waals surface area contributed by atoms with Gasteiger partial charge in [0.25, 0.3) is 5.91 Å². The highest BCUT2D eigenvalue weighted by Crippen LogP contribution is 2.36. The Hall–Kier alpha value is -2.63. The van der Waals surface area contributed by atoms with Gasteiger partial charge in [-0.1, -0.05) is 61.0 Å². The van der Waals surface area contributed by atoms with Crippen LogP contribution in [0.5, 0.6) is 0 Å². The third-order valence-electron chi connectivity index (χ3n) is 4.92. The van der Waals surface area contributed by atoms with E-state index in [1.165, 1.54) is 6.92 Å². The molecule has 6 heteroatoms. The van der Waals surface area contributed by atoms with Crippen molar-refractivity contribution in [3.63, 3.8) is 0 Å². The van der Waals surface area contributed by atoms with Gasteiger partial charge in [0.05, 0.1) is 24.4 Å². The van der Waals surface area contributed by atoms with Crippen molar-refractivity contribution >= 4 is 28.9 Å². The molecule has 1 aliphatic rings. The molecule has 1 aliphatic heterocycles. The van der Waals surface area contributed by atoms with Crippen LogP contribution in [0.4, 0.5) is 0 Å². The van der Waals surface area contributed by atoms with E-state index >= 15 is 0 Å². The van der Waals surface area contributed by atoms with E-state index in [4.69, 9.17) is 16.4 Å². The van der Waals surface area contributed by atoms with E-state index in [1.807, 2.05) is 56.3 Å². The van der Waals surface area contributed by atoms with Crippen LogP contribution in [0.1, 0.15) is 49.9 Å². The molecule has 1 heterocycles. The number of ketones is 1. The summed E-state index contributed by atoms with van der Waals surface area (Å²) in [6.45, 7) is 6.34. The molecule has 0 saturated heterocycles. The molecule has 2 aromatic carbocycles. The minimum atomic E-state index is -0.724. The summed E-state index contributed by atoms with van der Waals surface area (Å²) in [6, 6.07) is 14.0. The lowest BCUT2D eigenvalue weighted by Gasteiger charge is -2.33. The second-order valence-electron chi connectivity index (χ2n) is 7.02. The minimum Gasteiger partial charge on any atom is -0.338 e. The van der Waals surface area contributed by atoms with Gasteiger partial charge in [-0.3, -0.25) is 19.5 Å². The van der Waals surface area contributed by atoms with E-state index in [9.17, 15) is 9.59 Å². The zero-order valence-corrected chi connectivity index (χ0v) is 17.6. The lowest BCUT2D eigenvalue weighted by Crippen LogP contribution is -2.37. The predicted molar refractivity (Wildman–Crippen MR) is 114 cm³/mol. The van der Waals surface area contributed by atoms with Crippen LogP contribution in [-0.2, 0) is 21.0 Å². The van der Waals surface area contributed by atoms with E-state index < -0.39 is 6.04 Å². The molecule has 0 unspecified atom stereocenters. The van der Waals surface area contributed by atoms with Crippen molar-refractivity contribution in [2.75, 3.05) is 6.61 Å². The molecule has 0 spiro atoms. The summed E-state index contributed by atoms with van der Waals surface area (Å²) in [4.78, 5) is 31.4. The van der Waals surface area contributed by atoms with Crippen LogP contribution in [-0.4, -0.2) is 23.4 Å². The largest absolute Gasteiger partial charge is 0.338 e. The van der Waals surface area contributed by atoms with E-state index in [0.29, 0.717) is 29.4 Å². The fourth-order valence-electron chi connectivity index (χ4n) is 3.43. The number of hydroxylamine groups is 2. The molecule has 152 valence electrons. The van der Waals surface area contributed by atoms with Crippen LogP contribution in [0.15, 0.2) is 54.2 Å². The number of benzene rings is 2. The van der Waals surface area contributed by atoms with Crippen LogP contribution >= 0.6 is 11.6 Å². The van der Waals surface area contributed by atoms with Gasteiger partial charge in [-0.15, -0.1) is 0 Å².